The average Bonchev–Trinajstić information content (AvgIpc) is 2.96. The van der Waals surface area contributed by atoms with Gasteiger partial charge in [-0.2, -0.15) is 4.98 Å². The van der Waals surface area contributed by atoms with Gasteiger partial charge < -0.3 is 25.8 Å². The molecule has 1 saturated heterocycles. The van der Waals surface area contributed by atoms with Crippen LogP contribution in [0, 0.1) is 0 Å². The molecule has 1 fully saturated rings. The normalized spacial score (nSPS) is 27.2. The molecule has 2 aromatic rings. The van der Waals surface area contributed by atoms with E-state index < -0.39 is 42.4 Å². The minimum absolute atomic E-state index is 0.00814. The maximum atomic E-state index is 12.7. The highest BCUT2D eigenvalue weighted by molar-refractivity contribution is 5.71. The van der Waals surface area contributed by atoms with Crippen molar-refractivity contribution in [1.29, 1.82) is 0 Å². The van der Waals surface area contributed by atoms with Crippen molar-refractivity contribution in [2.75, 3.05) is 12.3 Å². The number of nitrogens with one attached hydrogen (secondary N) is 1. The van der Waals surface area contributed by atoms with Crippen molar-refractivity contribution in [2.45, 2.75) is 44.4 Å². The molecule has 11 nitrogen and oxygen atoms in total. The Morgan fingerprint density at radius 3 is 2.62 bits per heavy atom. The summed E-state index contributed by atoms with van der Waals surface area (Å²) >= 11 is 0. The fourth-order valence-electron chi connectivity index (χ4n) is 2.95. The van der Waals surface area contributed by atoms with Crippen LogP contribution in [0.2, 0.25) is 0 Å². The van der Waals surface area contributed by atoms with Crippen molar-refractivity contribution < 1.29 is 20.1 Å². The SMILES string of the molecule is CCCn1c(=O)n([C@@H]2O[C@H](CO)C(O)[C@@H]2O)c2nc(N)[nH]c(=O)c21. The largest absolute Gasteiger partial charge is 0.394 e. The van der Waals surface area contributed by atoms with Gasteiger partial charge in [0.05, 0.1) is 6.61 Å². The number of aryl methyl sites for hydroxylation is 1. The van der Waals surface area contributed by atoms with E-state index in [9.17, 15) is 24.9 Å². The molecule has 1 unspecified atom stereocenters. The number of aromatic nitrogens is 4. The Labute approximate surface area is 134 Å². The number of ether oxygens (including phenoxy) is 1. The van der Waals surface area contributed by atoms with Gasteiger partial charge in [0.15, 0.2) is 17.4 Å². The molecule has 0 radical (unpaired) electrons. The lowest BCUT2D eigenvalue weighted by atomic mass is 10.1. The predicted molar refractivity (Wildman–Crippen MR) is 82.3 cm³/mol. The van der Waals surface area contributed by atoms with Crippen LogP contribution in [-0.2, 0) is 11.3 Å². The Balaban J connectivity index is 2.27. The van der Waals surface area contributed by atoms with Crippen LogP contribution in [0.1, 0.15) is 19.6 Å². The van der Waals surface area contributed by atoms with Gasteiger partial charge in [-0.25, -0.2) is 9.36 Å². The summed E-state index contributed by atoms with van der Waals surface area (Å²) < 4.78 is 7.59. The Kier molecular flexibility index (Phi) is 4.17. The number of hydrogen-bond acceptors (Lipinski definition) is 8. The molecule has 0 bridgehead atoms. The smallest absolute Gasteiger partial charge is 0.332 e. The van der Waals surface area contributed by atoms with E-state index >= 15 is 0 Å². The molecule has 0 amide bonds. The molecule has 0 saturated carbocycles. The Bertz CT molecular complexity index is 870. The van der Waals surface area contributed by atoms with E-state index in [0.29, 0.717) is 6.42 Å². The van der Waals surface area contributed by atoms with E-state index in [0.717, 1.165) is 4.57 Å². The van der Waals surface area contributed by atoms with Crippen molar-refractivity contribution >= 4 is 17.1 Å². The summed E-state index contributed by atoms with van der Waals surface area (Å²) in [7, 11) is 0. The second-order valence-electron chi connectivity index (χ2n) is 5.66. The van der Waals surface area contributed by atoms with Gasteiger partial charge in [-0.15, -0.1) is 0 Å². The Hall–Kier alpha value is -2.21. The first-order chi connectivity index (χ1) is 11.4. The summed E-state index contributed by atoms with van der Waals surface area (Å²) in [6, 6.07) is 0. The zero-order valence-electron chi connectivity index (χ0n) is 12.9. The Morgan fingerprint density at radius 1 is 1.33 bits per heavy atom. The van der Waals surface area contributed by atoms with Crippen LogP contribution in [0.4, 0.5) is 5.95 Å². The van der Waals surface area contributed by atoms with Crippen LogP contribution >= 0.6 is 0 Å². The zero-order chi connectivity index (χ0) is 17.6. The van der Waals surface area contributed by atoms with E-state index in [1.165, 1.54) is 4.57 Å². The molecule has 11 heteroatoms. The van der Waals surface area contributed by atoms with Crippen LogP contribution in [0.15, 0.2) is 9.59 Å². The highest BCUT2D eigenvalue weighted by atomic mass is 16.6. The number of fused-ring (bicyclic) bond motifs is 1. The van der Waals surface area contributed by atoms with E-state index in [-0.39, 0.29) is 23.7 Å². The van der Waals surface area contributed by atoms with Crippen molar-refractivity contribution in [3.8, 4) is 0 Å². The van der Waals surface area contributed by atoms with Crippen molar-refractivity contribution in [3.05, 3.63) is 20.8 Å². The summed E-state index contributed by atoms with van der Waals surface area (Å²) in [5.74, 6) is -0.193. The van der Waals surface area contributed by atoms with Crippen LogP contribution in [0.3, 0.4) is 0 Å². The number of nitrogens with two attached hydrogens (primary N) is 1. The van der Waals surface area contributed by atoms with Crippen LogP contribution in [-0.4, -0.2) is 59.3 Å². The maximum Gasteiger partial charge on any atom is 0.332 e. The molecule has 0 spiro atoms. The molecule has 1 aliphatic heterocycles. The number of anilines is 1. The molecular formula is C13H19N5O6. The van der Waals surface area contributed by atoms with E-state index in [1.54, 1.807) is 0 Å². The third-order valence-electron chi connectivity index (χ3n) is 4.05. The van der Waals surface area contributed by atoms with Gasteiger partial charge >= 0.3 is 5.69 Å². The quantitative estimate of drug-likeness (QED) is 0.406. The minimum Gasteiger partial charge on any atom is -0.394 e. The number of aromatic amines is 1. The molecule has 3 rings (SSSR count). The van der Waals surface area contributed by atoms with Crippen molar-refractivity contribution in [3.63, 3.8) is 0 Å². The van der Waals surface area contributed by atoms with Gasteiger partial charge in [0.2, 0.25) is 5.95 Å². The third kappa shape index (κ3) is 2.33. The molecule has 0 aliphatic carbocycles. The molecular weight excluding hydrogens is 322 g/mol. The fraction of sp³-hybridized carbons (Fsp3) is 0.615. The lowest BCUT2D eigenvalue weighted by molar-refractivity contribution is -0.0528. The lowest BCUT2D eigenvalue weighted by Gasteiger charge is -2.15. The first kappa shape index (κ1) is 16.6. The van der Waals surface area contributed by atoms with Gasteiger partial charge in [0.1, 0.15) is 18.3 Å². The van der Waals surface area contributed by atoms with E-state index in [2.05, 4.69) is 9.97 Å². The molecule has 4 atom stereocenters. The Morgan fingerprint density at radius 2 is 2.04 bits per heavy atom. The van der Waals surface area contributed by atoms with Crippen LogP contribution in [0.25, 0.3) is 11.2 Å². The highest BCUT2D eigenvalue weighted by Crippen LogP contribution is 2.30. The number of hydrogen-bond donors (Lipinski definition) is 5. The number of rotatable bonds is 4. The summed E-state index contributed by atoms with van der Waals surface area (Å²) in [5, 5.41) is 29.3. The number of aliphatic hydroxyl groups is 3. The average molecular weight is 341 g/mol. The molecule has 3 heterocycles. The molecule has 2 aromatic heterocycles. The fourth-order valence-corrected chi connectivity index (χ4v) is 2.95. The summed E-state index contributed by atoms with van der Waals surface area (Å²) in [6.45, 7) is 1.56. The maximum absolute atomic E-state index is 12.7. The molecule has 24 heavy (non-hydrogen) atoms. The lowest BCUT2D eigenvalue weighted by Crippen LogP contribution is -2.36. The molecule has 6 N–H and O–H groups in total. The molecule has 1 aliphatic rings. The minimum atomic E-state index is -1.47. The number of imidazole rings is 1. The van der Waals surface area contributed by atoms with Gasteiger partial charge in [-0.05, 0) is 6.42 Å². The monoisotopic (exact) mass is 341 g/mol. The molecule has 0 aromatic carbocycles. The van der Waals surface area contributed by atoms with Gasteiger partial charge in [-0.1, -0.05) is 6.92 Å². The highest BCUT2D eigenvalue weighted by Gasteiger charge is 2.45. The summed E-state index contributed by atoms with van der Waals surface area (Å²) in [5.41, 5.74) is 4.30. The predicted octanol–water partition coefficient (Wildman–Crippen LogP) is -2.51. The van der Waals surface area contributed by atoms with Gasteiger partial charge in [0, 0.05) is 6.54 Å². The van der Waals surface area contributed by atoms with Crippen LogP contribution < -0.4 is 17.0 Å². The second-order valence-corrected chi connectivity index (χ2v) is 5.66. The van der Waals surface area contributed by atoms with Crippen molar-refractivity contribution in [2.24, 2.45) is 0 Å². The summed E-state index contributed by atoms with van der Waals surface area (Å²) in [4.78, 5) is 31.2. The number of nitrogen functional groups attached to an aromatic ring is 1. The molecule has 132 valence electrons. The van der Waals surface area contributed by atoms with Crippen molar-refractivity contribution in [1.82, 2.24) is 19.1 Å². The topological polar surface area (TPSA) is 169 Å². The van der Waals surface area contributed by atoms with E-state index in [4.69, 9.17) is 10.5 Å². The standard InChI is InChI=1S/C13H19N5O6/c1-2-3-17-6-9(15-12(14)16-10(6)22)18(13(17)23)11-8(21)7(20)5(4-19)24-11/h5,7-8,11,19-21H,2-4H2,1H3,(H3,14,15,16,22)/t5-,7?,8+,11-/m1/s1. The zero-order valence-corrected chi connectivity index (χ0v) is 12.9. The van der Waals surface area contributed by atoms with Crippen LogP contribution in [0.5, 0.6) is 0 Å². The van der Waals surface area contributed by atoms with Gasteiger partial charge in [0.25, 0.3) is 5.56 Å². The van der Waals surface area contributed by atoms with Gasteiger partial charge in [-0.3, -0.25) is 14.3 Å². The first-order valence-corrected chi connectivity index (χ1v) is 7.53. The third-order valence-corrected chi connectivity index (χ3v) is 4.05. The number of aliphatic hydroxyl groups excluding tert-OH is 3. The van der Waals surface area contributed by atoms with E-state index in [1.807, 2.05) is 6.92 Å². The number of nitrogens with zero attached hydrogens (tertiary/aromatic N) is 3. The number of H-pyrrole nitrogens is 1. The summed E-state index contributed by atoms with van der Waals surface area (Å²) in [6.07, 6.45) is -4.61. The second kappa shape index (κ2) is 6.02. The first-order valence-electron chi connectivity index (χ1n) is 7.53.